The molecule has 1 aromatic heterocycles. The molecule has 2 aliphatic heterocycles. The highest BCUT2D eigenvalue weighted by Crippen LogP contribution is 2.32. The Morgan fingerprint density at radius 3 is 2.67 bits per heavy atom. The maximum absolute atomic E-state index is 10.2. The molecule has 1 atom stereocenters. The molecule has 4 rings (SSSR count). The number of aliphatic hydroxyl groups excluding tert-OH is 1. The number of hydrogen-bond acceptors (Lipinski definition) is 7. The first kappa shape index (κ1) is 18.3. The van der Waals surface area contributed by atoms with Crippen molar-refractivity contribution in [2.24, 2.45) is 0 Å². The molecular weight excluding hydrogens is 348 g/mol. The lowest BCUT2D eigenvalue weighted by atomic mass is 10.1. The Labute approximate surface area is 159 Å². The SMILES string of the molecule is OC(COCc1ccco1)CN1CCN(Cc2ccc3c(c2)OCO3)CC1. The quantitative estimate of drug-likeness (QED) is 0.754. The van der Waals surface area contributed by atoms with E-state index in [4.69, 9.17) is 18.6 Å². The van der Waals surface area contributed by atoms with Crippen molar-refractivity contribution in [2.45, 2.75) is 19.3 Å². The van der Waals surface area contributed by atoms with Gasteiger partial charge in [-0.25, -0.2) is 0 Å². The van der Waals surface area contributed by atoms with Crippen LogP contribution in [0.15, 0.2) is 41.0 Å². The third-order valence-corrected chi connectivity index (χ3v) is 4.91. The number of aliphatic hydroxyl groups is 1. The van der Waals surface area contributed by atoms with Gasteiger partial charge in [-0.15, -0.1) is 0 Å². The molecule has 1 unspecified atom stereocenters. The summed E-state index contributed by atoms with van der Waals surface area (Å²) in [5.74, 6) is 2.44. The topological polar surface area (TPSA) is 67.5 Å². The highest BCUT2D eigenvalue weighted by molar-refractivity contribution is 5.44. The number of rotatable bonds is 8. The fraction of sp³-hybridized carbons (Fsp3) is 0.500. The molecule has 3 heterocycles. The molecular formula is C20H26N2O5. The van der Waals surface area contributed by atoms with Crippen LogP contribution in [0.5, 0.6) is 11.5 Å². The second-order valence-corrected chi connectivity index (χ2v) is 7.01. The minimum Gasteiger partial charge on any atom is -0.467 e. The number of benzene rings is 1. The van der Waals surface area contributed by atoms with E-state index in [0.717, 1.165) is 50.0 Å². The first-order chi connectivity index (χ1) is 13.3. The Hall–Kier alpha value is -2.06. The van der Waals surface area contributed by atoms with Crippen LogP contribution >= 0.6 is 0 Å². The molecule has 0 spiro atoms. The van der Waals surface area contributed by atoms with Crippen molar-refractivity contribution < 1.29 is 23.7 Å². The van der Waals surface area contributed by atoms with Crippen molar-refractivity contribution in [3.63, 3.8) is 0 Å². The standard InChI is InChI=1S/C20H26N2O5/c23-17(13-24-14-18-2-1-9-25-18)12-22-7-5-21(6-8-22)11-16-3-4-19-20(10-16)27-15-26-19/h1-4,9-10,17,23H,5-8,11-15H2. The zero-order valence-corrected chi connectivity index (χ0v) is 15.4. The van der Waals surface area contributed by atoms with Crippen molar-refractivity contribution in [3.8, 4) is 11.5 Å². The molecule has 1 saturated heterocycles. The summed E-state index contributed by atoms with van der Waals surface area (Å²) in [5.41, 5.74) is 1.24. The second kappa shape index (κ2) is 8.75. The van der Waals surface area contributed by atoms with Crippen LogP contribution < -0.4 is 9.47 Å². The summed E-state index contributed by atoms with van der Waals surface area (Å²) < 4.78 is 21.5. The molecule has 0 saturated carbocycles. The van der Waals surface area contributed by atoms with Crippen molar-refractivity contribution in [1.29, 1.82) is 0 Å². The minimum absolute atomic E-state index is 0.311. The highest BCUT2D eigenvalue weighted by atomic mass is 16.7. The van der Waals surface area contributed by atoms with Gasteiger partial charge in [-0.05, 0) is 29.8 Å². The molecule has 2 aliphatic rings. The van der Waals surface area contributed by atoms with Gasteiger partial charge in [0.15, 0.2) is 11.5 Å². The van der Waals surface area contributed by atoms with E-state index in [0.29, 0.717) is 26.6 Å². The van der Waals surface area contributed by atoms with Gasteiger partial charge in [-0.1, -0.05) is 6.07 Å². The van der Waals surface area contributed by atoms with E-state index in [1.165, 1.54) is 5.56 Å². The lowest BCUT2D eigenvalue weighted by Gasteiger charge is -2.35. The van der Waals surface area contributed by atoms with Crippen molar-refractivity contribution >= 4 is 0 Å². The maximum Gasteiger partial charge on any atom is 0.231 e. The van der Waals surface area contributed by atoms with Gasteiger partial charge in [0.2, 0.25) is 6.79 Å². The smallest absolute Gasteiger partial charge is 0.231 e. The first-order valence-electron chi connectivity index (χ1n) is 9.38. The number of fused-ring (bicyclic) bond motifs is 1. The number of hydrogen-bond donors (Lipinski definition) is 1. The number of furan rings is 1. The molecule has 1 fully saturated rings. The van der Waals surface area contributed by atoms with E-state index in [1.54, 1.807) is 6.26 Å². The fourth-order valence-corrected chi connectivity index (χ4v) is 3.47. The molecule has 27 heavy (non-hydrogen) atoms. The van der Waals surface area contributed by atoms with Crippen LogP contribution in [0.3, 0.4) is 0 Å². The molecule has 1 aromatic carbocycles. The number of piperazine rings is 1. The van der Waals surface area contributed by atoms with E-state index in [1.807, 2.05) is 18.2 Å². The van der Waals surface area contributed by atoms with Crippen molar-refractivity contribution in [1.82, 2.24) is 9.80 Å². The summed E-state index contributed by atoms with van der Waals surface area (Å²) in [7, 11) is 0. The highest BCUT2D eigenvalue weighted by Gasteiger charge is 2.20. The maximum atomic E-state index is 10.2. The average Bonchev–Trinajstić information content (AvgIpc) is 3.34. The van der Waals surface area contributed by atoms with Crippen LogP contribution in [-0.2, 0) is 17.9 Å². The largest absolute Gasteiger partial charge is 0.467 e. The Kier molecular flexibility index (Phi) is 5.94. The third kappa shape index (κ3) is 5.01. The van der Waals surface area contributed by atoms with Crippen molar-refractivity contribution in [2.75, 3.05) is 46.1 Å². The zero-order valence-electron chi connectivity index (χ0n) is 15.4. The van der Waals surface area contributed by atoms with Gasteiger partial charge in [0.05, 0.1) is 19.0 Å². The zero-order chi connectivity index (χ0) is 18.5. The second-order valence-electron chi connectivity index (χ2n) is 7.01. The van der Waals surface area contributed by atoms with Crippen molar-refractivity contribution in [3.05, 3.63) is 47.9 Å². The Bertz CT molecular complexity index is 713. The third-order valence-electron chi connectivity index (χ3n) is 4.91. The Morgan fingerprint density at radius 1 is 1.04 bits per heavy atom. The molecule has 0 bridgehead atoms. The molecule has 0 radical (unpaired) electrons. The van der Waals surface area contributed by atoms with Crippen LogP contribution in [0.2, 0.25) is 0 Å². The molecule has 146 valence electrons. The average molecular weight is 374 g/mol. The van der Waals surface area contributed by atoms with Gasteiger partial charge < -0.3 is 23.7 Å². The number of β-amino-alcohol motifs (C(OH)–C–C–N with tert-alkyl or cyclic N) is 1. The predicted octanol–water partition coefficient (Wildman–Crippen LogP) is 1.70. The summed E-state index contributed by atoms with van der Waals surface area (Å²) in [4.78, 5) is 4.71. The fourth-order valence-electron chi connectivity index (χ4n) is 3.47. The van der Waals surface area contributed by atoms with E-state index in [9.17, 15) is 5.11 Å². The summed E-state index contributed by atoms with van der Waals surface area (Å²) in [6, 6.07) is 9.84. The molecule has 2 aromatic rings. The van der Waals surface area contributed by atoms with Crippen LogP contribution in [-0.4, -0.2) is 67.1 Å². The normalized spacial score (nSPS) is 18.7. The van der Waals surface area contributed by atoms with Crippen LogP contribution in [0.4, 0.5) is 0 Å². The number of ether oxygens (including phenoxy) is 3. The van der Waals surface area contributed by atoms with Crippen LogP contribution in [0.25, 0.3) is 0 Å². The van der Waals surface area contributed by atoms with E-state index in [-0.39, 0.29) is 0 Å². The van der Waals surface area contributed by atoms with Gasteiger partial charge in [0, 0.05) is 39.3 Å². The van der Waals surface area contributed by atoms with E-state index >= 15 is 0 Å². The summed E-state index contributed by atoms with van der Waals surface area (Å²) in [6.07, 6.45) is 1.14. The Balaban J connectivity index is 1.15. The monoisotopic (exact) mass is 374 g/mol. The van der Waals surface area contributed by atoms with E-state index < -0.39 is 6.10 Å². The predicted molar refractivity (Wildman–Crippen MR) is 98.7 cm³/mol. The molecule has 0 amide bonds. The molecule has 7 heteroatoms. The summed E-state index contributed by atoms with van der Waals surface area (Å²) >= 11 is 0. The van der Waals surface area contributed by atoms with Crippen LogP contribution in [0.1, 0.15) is 11.3 Å². The minimum atomic E-state index is -0.486. The van der Waals surface area contributed by atoms with Gasteiger partial charge in [0.25, 0.3) is 0 Å². The summed E-state index contributed by atoms with van der Waals surface area (Å²) in [5, 5.41) is 10.2. The molecule has 1 N–H and O–H groups in total. The van der Waals surface area contributed by atoms with Crippen LogP contribution in [0, 0.1) is 0 Å². The van der Waals surface area contributed by atoms with Gasteiger partial charge in [-0.3, -0.25) is 9.80 Å². The van der Waals surface area contributed by atoms with Gasteiger partial charge >= 0.3 is 0 Å². The van der Waals surface area contributed by atoms with Gasteiger partial charge in [0.1, 0.15) is 12.4 Å². The van der Waals surface area contributed by atoms with E-state index in [2.05, 4.69) is 21.9 Å². The Morgan fingerprint density at radius 2 is 1.85 bits per heavy atom. The lowest BCUT2D eigenvalue weighted by Crippen LogP contribution is -2.48. The lowest BCUT2D eigenvalue weighted by molar-refractivity contribution is -0.00308. The van der Waals surface area contributed by atoms with Gasteiger partial charge in [-0.2, -0.15) is 0 Å². The molecule has 7 nitrogen and oxygen atoms in total. The molecule has 0 aliphatic carbocycles. The first-order valence-corrected chi connectivity index (χ1v) is 9.38. The summed E-state index contributed by atoms with van der Waals surface area (Å²) in [6.45, 7) is 6.41. The number of nitrogens with zero attached hydrogens (tertiary/aromatic N) is 2.